The topological polar surface area (TPSA) is 26.3 Å². The molecule has 0 bridgehead atoms. The van der Waals surface area contributed by atoms with Crippen molar-refractivity contribution in [2.45, 2.75) is 20.3 Å². The van der Waals surface area contributed by atoms with Crippen molar-refractivity contribution in [3.8, 4) is 0 Å². The van der Waals surface area contributed by atoms with Crippen LogP contribution in [0.15, 0.2) is 12.7 Å². The molecule has 0 aromatic heterocycles. The molecule has 58 valence electrons. The summed E-state index contributed by atoms with van der Waals surface area (Å²) < 4.78 is 4.83. The summed E-state index contributed by atoms with van der Waals surface area (Å²) in [6.45, 7) is 7.60. The van der Waals surface area contributed by atoms with Crippen LogP contribution < -0.4 is 0 Å². The second-order valence-electron chi connectivity index (χ2n) is 2.40. The fourth-order valence-corrected chi connectivity index (χ4v) is 0.410. The third-order valence-corrected chi connectivity index (χ3v) is 1.04. The summed E-state index contributed by atoms with van der Waals surface area (Å²) in [4.78, 5) is 10.8. The molecule has 0 rings (SSSR count). The minimum absolute atomic E-state index is 0.0233. The molecule has 0 heterocycles. The quantitative estimate of drug-likeness (QED) is 0.339. The van der Waals surface area contributed by atoms with Crippen molar-refractivity contribution in [3.05, 3.63) is 12.7 Å². The summed E-state index contributed by atoms with van der Waals surface area (Å²) in [6, 6.07) is 0. The predicted octanol–water partition coefficient (Wildman–Crippen LogP) is 1.76. The molecule has 0 amide bonds. The lowest BCUT2D eigenvalue weighted by Gasteiger charge is -2.04. The highest BCUT2D eigenvalue weighted by Crippen LogP contribution is 1.96. The fourth-order valence-electron chi connectivity index (χ4n) is 0.410. The van der Waals surface area contributed by atoms with Crippen molar-refractivity contribution in [1.29, 1.82) is 0 Å². The van der Waals surface area contributed by atoms with Gasteiger partial charge >= 0.3 is 5.97 Å². The molecule has 0 radical (unpaired) electrons. The SMILES string of the molecule is C=CCCOC(=O)C(C)C. The van der Waals surface area contributed by atoms with Crippen LogP contribution in [0.4, 0.5) is 0 Å². The van der Waals surface area contributed by atoms with E-state index in [-0.39, 0.29) is 11.9 Å². The van der Waals surface area contributed by atoms with E-state index >= 15 is 0 Å². The van der Waals surface area contributed by atoms with Crippen LogP contribution in [0, 0.1) is 5.92 Å². The van der Waals surface area contributed by atoms with Crippen molar-refractivity contribution in [3.63, 3.8) is 0 Å². The first-order valence-electron chi connectivity index (χ1n) is 3.46. The zero-order valence-electron chi connectivity index (χ0n) is 6.59. The Hall–Kier alpha value is -0.790. The van der Waals surface area contributed by atoms with E-state index in [0.29, 0.717) is 6.61 Å². The Bertz CT molecular complexity index is 116. The summed E-state index contributed by atoms with van der Waals surface area (Å²) in [6.07, 6.45) is 2.46. The van der Waals surface area contributed by atoms with Crippen molar-refractivity contribution in [2.24, 2.45) is 5.92 Å². The summed E-state index contributed by atoms with van der Waals surface area (Å²) in [5.41, 5.74) is 0. The molecule has 0 saturated heterocycles. The molecule has 0 aromatic rings. The van der Waals surface area contributed by atoms with E-state index in [0.717, 1.165) is 6.42 Å². The molecular weight excluding hydrogens is 128 g/mol. The highest BCUT2D eigenvalue weighted by Gasteiger charge is 2.05. The van der Waals surface area contributed by atoms with Crippen molar-refractivity contribution < 1.29 is 9.53 Å². The Labute approximate surface area is 61.9 Å². The summed E-state index contributed by atoms with van der Waals surface area (Å²) in [7, 11) is 0. The average Bonchev–Trinajstić information content (AvgIpc) is 1.88. The fraction of sp³-hybridized carbons (Fsp3) is 0.625. The van der Waals surface area contributed by atoms with Crippen molar-refractivity contribution >= 4 is 5.97 Å². The third-order valence-electron chi connectivity index (χ3n) is 1.04. The lowest BCUT2D eigenvalue weighted by Crippen LogP contribution is -2.11. The molecule has 0 fully saturated rings. The summed E-state index contributed by atoms with van der Waals surface area (Å²) in [5.74, 6) is -0.160. The van der Waals surface area contributed by atoms with Gasteiger partial charge in [-0.05, 0) is 6.42 Å². The Morgan fingerprint density at radius 3 is 2.70 bits per heavy atom. The van der Waals surface area contributed by atoms with Crippen LogP contribution in [0.1, 0.15) is 20.3 Å². The molecule has 2 nitrogen and oxygen atoms in total. The molecule has 0 aliphatic heterocycles. The molecule has 10 heavy (non-hydrogen) atoms. The highest BCUT2D eigenvalue weighted by molar-refractivity contribution is 5.71. The van der Waals surface area contributed by atoms with Gasteiger partial charge in [-0.15, -0.1) is 6.58 Å². The van der Waals surface area contributed by atoms with Gasteiger partial charge in [0.25, 0.3) is 0 Å². The van der Waals surface area contributed by atoms with E-state index in [2.05, 4.69) is 6.58 Å². The van der Waals surface area contributed by atoms with Crippen LogP contribution in [0.25, 0.3) is 0 Å². The minimum atomic E-state index is -0.137. The van der Waals surface area contributed by atoms with Crippen LogP contribution in [0.5, 0.6) is 0 Å². The van der Waals surface area contributed by atoms with Crippen molar-refractivity contribution in [2.75, 3.05) is 6.61 Å². The van der Waals surface area contributed by atoms with E-state index in [1.807, 2.05) is 13.8 Å². The molecule has 0 atom stereocenters. The average molecular weight is 142 g/mol. The molecule has 0 saturated carbocycles. The smallest absolute Gasteiger partial charge is 0.308 e. The second kappa shape index (κ2) is 5.03. The van der Waals surface area contributed by atoms with Gasteiger partial charge < -0.3 is 4.74 Å². The van der Waals surface area contributed by atoms with Gasteiger partial charge in [-0.25, -0.2) is 0 Å². The van der Waals surface area contributed by atoms with Crippen LogP contribution in [-0.4, -0.2) is 12.6 Å². The van der Waals surface area contributed by atoms with E-state index in [4.69, 9.17) is 4.74 Å². The number of carbonyl (C=O) groups is 1. The summed E-state index contributed by atoms with van der Waals surface area (Å²) >= 11 is 0. The lowest BCUT2D eigenvalue weighted by molar-refractivity contribution is -0.147. The zero-order chi connectivity index (χ0) is 7.98. The van der Waals surface area contributed by atoms with Gasteiger partial charge in [0, 0.05) is 0 Å². The predicted molar refractivity (Wildman–Crippen MR) is 40.6 cm³/mol. The number of esters is 1. The first kappa shape index (κ1) is 9.21. The molecule has 0 N–H and O–H groups in total. The molecule has 0 aliphatic rings. The minimum Gasteiger partial charge on any atom is -0.465 e. The lowest BCUT2D eigenvalue weighted by atomic mass is 10.2. The van der Waals surface area contributed by atoms with Crippen molar-refractivity contribution in [1.82, 2.24) is 0 Å². The maximum atomic E-state index is 10.8. The van der Waals surface area contributed by atoms with E-state index < -0.39 is 0 Å². The van der Waals surface area contributed by atoms with Gasteiger partial charge in [-0.1, -0.05) is 19.9 Å². The summed E-state index contributed by atoms with van der Waals surface area (Å²) in [5, 5.41) is 0. The third kappa shape index (κ3) is 4.13. The van der Waals surface area contributed by atoms with Crippen LogP contribution in [0.3, 0.4) is 0 Å². The van der Waals surface area contributed by atoms with E-state index in [1.165, 1.54) is 0 Å². The van der Waals surface area contributed by atoms with Crippen LogP contribution in [-0.2, 0) is 9.53 Å². The Morgan fingerprint density at radius 2 is 2.30 bits per heavy atom. The molecule has 2 heteroatoms. The highest BCUT2D eigenvalue weighted by atomic mass is 16.5. The van der Waals surface area contributed by atoms with Crippen LogP contribution in [0.2, 0.25) is 0 Å². The maximum absolute atomic E-state index is 10.8. The normalized spacial score (nSPS) is 9.50. The number of carbonyl (C=O) groups excluding carboxylic acids is 1. The Balaban J connectivity index is 3.30. The molecular formula is C8H14O2. The van der Waals surface area contributed by atoms with Crippen LogP contribution >= 0.6 is 0 Å². The van der Waals surface area contributed by atoms with Gasteiger partial charge in [0.2, 0.25) is 0 Å². The molecule has 0 unspecified atom stereocenters. The van der Waals surface area contributed by atoms with Gasteiger partial charge in [-0.2, -0.15) is 0 Å². The van der Waals surface area contributed by atoms with Gasteiger partial charge in [-0.3, -0.25) is 4.79 Å². The largest absolute Gasteiger partial charge is 0.465 e. The van der Waals surface area contributed by atoms with Gasteiger partial charge in [0.15, 0.2) is 0 Å². The maximum Gasteiger partial charge on any atom is 0.308 e. The number of hydrogen-bond acceptors (Lipinski definition) is 2. The van der Waals surface area contributed by atoms with E-state index in [1.54, 1.807) is 6.08 Å². The zero-order valence-corrected chi connectivity index (χ0v) is 6.59. The standard InChI is InChI=1S/C8H14O2/c1-4-5-6-10-8(9)7(2)3/h4,7H,1,5-6H2,2-3H3. The molecule has 0 aliphatic carbocycles. The second-order valence-corrected chi connectivity index (χ2v) is 2.40. The number of ether oxygens (including phenoxy) is 1. The molecule has 0 aromatic carbocycles. The Morgan fingerprint density at radius 1 is 1.70 bits per heavy atom. The number of hydrogen-bond donors (Lipinski definition) is 0. The molecule has 0 spiro atoms. The van der Waals surface area contributed by atoms with E-state index in [9.17, 15) is 4.79 Å². The first-order chi connectivity index (χ1) is 4.68. The van der Waals surface area contributed by atoms with Gasteiger partial charge in [0.1, 0.15) is 0 Å². The Kier molecular flexibility index (Phi) is 4.63. The van der Waals surface area contributed by atoms with Gasteiger partial charge in [0.05, 0.1) is 12.5 Å². The number of rotatable bonds is 4. The first-order valence-corrected chi connectivity index (χ1v) is 3.46. The monoisotopic (exact) mass is 142 g/mol.